The first-order chi connectivity index (χ1) is 11.3. The van der Waals surface area contributed by atoms with Crippen LogP contribution < -0.4 is 5.32 Å². The second-order valence-corrected chi connectivity index (χ2v) is 6.63. The molecule has 1 heterocycles. The van der Waals surface area contributed by atoms with Crippen LogP contribution in [-0.2, 0) is 20.7 Å². The van der Waals surface area contributed by atoms with E-state index in [-0.39, 0.29) is 25.0 Å². The van der Waals surface area contributed by atoms with Crippen molar-refractivity contribution in [1.82, 2.24) is 5.32 Å². The van der Waals surface area contributed by atoms with Gasteiger partial charge >= 0.3 is 5.97 Å². The topological polar surface area (TPSA) is 68.5 Å². The van der Waals surface area contributed by atoms with Gasteiger partial charge in [-0.1, -0.05) is 13.8 Å². The molecule has 1 atom stereocenters. The maximum absolute atomic E-state index is 12.0. The summed E-state index contributed by atoms with van der Waals surface area (Å²) in [4.78, 5) is 23.7. The van der Waals surface area contributed by atoms with Crippen molar-refractivity contribution >= 4 is 22.8 Å². The normalized spacial score (nSPS) is 12.4. The molecule has 0 aliphatic rings. The zero-order chi connectivity index (χ0) is 17.9. The molecule has 0 unspecified atom stereocenters. The van der Waals surface area contributed by atoms with Gasteiger partial charge in [-0.3, -0.25) is 9.59 Å². The maximum Gasteiger partial charge on any atom is 0.310 e. The lowest BCUT2D eigenvalue weighted by atomic mass is 10.0. The van der Waals surface area contributed by atoms with Gasteiger partial charge in [-0.25, -0.2) is 0 Å². The van der Waals surface area contributed by atoms with Crippen LogP contribution in [0, 0.1) is 19.8 Å². The third-order valence-corrected chi connectivity index (χ3v) is 4.36. The highest BCUT2D eigenvalue weighted by Gasteiger charge is 2.15. The number of amides is 1. The minimum atomic E-state index is -0.441. The summed E-state index contributed by atoms with van der Waals surface area (Å²) in [5.41, 5.74) is 3.81. The Balaban J connectivity index is 1.93. The van der Waals surface area contributed by atoms with E-state index in [9.17, 15) is 9.59 Å². The molecular weight excluding hydrogens is 306 g/mol. The van der Waals surface area contributed by atoms with Crippen LogP contribution in [0.3, 0.4) is 0 Å². The number of carbonyl (C=O) groups excluding carboxylic acids is 2. The summed E-state index contributed by atoms with van der Waals surface area (Å²) >= 11 is 0. The summed E-state index contributed by atoms with van der Waals surface area (Å²) in [5, 5.41) is 3.71. The molecule has 130 valence electrons. The summed E-state index contributed by atoms with van der Waals surface area (Å²) in [6.45, 7) is 9.73. The molecular formula is C19H25NO4. The van der Waals surface area contributed by atoms with Gasteiger partial charge in [-0.05, 0) is 49.9 Å². The first-order valence-corrected chi connectivity index (χ1v) is 8.20. The molecule has 2 rings (SSSR count). The molecule has 0 saturated carbocycles. The minimum absolute atomic E-state index is 0.0419. The fraction of sp³-hybridized carbons (Fsp3) is 0.474. The Kier molecular flexibility index (Phi) is 5.65. The van der Waals surface area contributed by atoms with Gasteiger partial charge in [-0.15, -0.1) is 0 Å². The Morgan fingerprint density at radius 2 is 1.83 bits per heavy atom. The number of furan rings is 1. The third kappa shape index (κ3) is 4.37. The van der Waals surface area contributed by atoms with E-state index in [2.05, 4.69) is 5.32 Å². The SMILES string of the molecule is Cc1cc2occ(CC(=O)OCC(=O)N[C@H](C)C(C)C)c2cc1C. The fourth-order valence-electron chi connectivity index (χ4n) is 2.29. The second kappa shape index (κ2) is 7.51. The lowest BCUT2D eigenvalue weighted by molar-refractivity contribution is -0.148. The number of hydrogen-bond donors (Lipinski definition) is 1. The Labute approximate surface area is 142 Å². The number of hydrogen-bond acceptors (Lipinski definition) is 4. The minimum Gasteiger partial charge on any atom is -0.464 e. The van der Waals surface area contributed by atoms with Crippen molar-refractivity contribution in [1.29, 1.82) is 0 Å². The zero-order valence-corrected chi connectivity index (χ0v) is 14.9. The van der Waals surface area contributed by atoms with Gasteiger partial charge in [0.05, 0.1) is 12.7 Å². The summed E-state index contributed by atoms with van der Waals surface area (Å²) < 4.78 is 10.6. The lowest BCUT2D eigenvalue weighted by Gasteiger charge is -2.17. The van der Waals surface area contributed by atoms with Gasteiger partial charge in [-0.2, -0.15) is 0 Å². The van der Waals surface area contributed by atoms with Crippen LogP contribution in [0.25, 0.3) is 11.0 Å². The average Bonchev–Trinajstić information content (AvgIpc) is 2.87. The van der Waals surface area contributed by atoms with E-state index in [1.807, 2.05) is 46.8 Å². The summed E-state index contributed by atoms with van der Waals surface area (Å²) in [6.07, 6.45) is 1.66. The number of fused-ring (bicyclic) bond motifs is 1. The van der Waals surface area contributed by atoms with E-state index in [1.165, 1.54) is 0 Å². The first-order valence-electron chi connectivity index (χ1n) is 8.20. The van der Waals surface area contributed by atoms with Crippen LogP contribution in [0.15, 0.2) is 22.8 Å². The summed E-state index contributed by atoms with van der Waals surface area (Å²) in [5.74, 6) is -0.398. The molecule has 0 fully saturated rings. The van der Waals surface area contributed by atoms with Crippen molar-refractivity contribution in [2.45, 2.75) is 47.1 Å². The smallest absolute Gasteiger partial charge is 0.310 e. The number of benzene rings is 1. The molecule has 0 aliphatic carbocycles. The quantitative estimate of drug-likeness (QED) is 0.825. The van der Waals surface area contributed by atoms with E-state index in [4.69, 9.17) is 9.15 Å². The second-order valence-electron chi connectivity index (χ2n) is 6.63. The predicted octanol–water partition coefficient (Wildman–Crippen LogP) is 3.30. The molecule has 0 bridgehead atoms. The van der Waals surface area contributed by atoms with Gasteiger partial charge in [0.25, 0.3) is 5.91 Å². The molecule has 5 heteroatoms. The van der Waals surface area contributed by atoms with Crippen LogP contribution in [-0.4, -0.2) is 24.5 Å². The summed E-state index contributed by atoms with van der Waals surface area (Å²) in [7, 11) is 0. The number of rotatable bonds is 6. The summed E-state index contributed by atoms with van der Waals surface area (Å²) in [6, 6.07) is 4.01. The van der Waals surface area contributed by atoms with E-state index in [0.29, 0.717) is 5.92 Å². The van der Waals surface area contributed by atoms with Crippen LogP contribution in [0.4, 0.5) is 0 Å². The Morgan fingerprint density at radius 3 is 2.50 bits per heavy atom. The van der Waals surface area contributed by atoms with E-state index < -0.39 is 5.97 Å². The van der Waals surface area contributed by atoms with Gasteiger partial charge in [0, 0.05) is 17.0 Å². The number of nitrogens with one attached hydrogen (secondary N) is 1. The van der Waals surface area contributed by atoms with Crippen LogP contribution in [0.5, 0.6) is 0 Å². The molecule has 1 N–H and O–H groups in total. The fourth-order valence-corrected chi connectivity index (χ4v) is 2.29. The van der Waals surface area contributed by atoms with Gasteiger partial charge in [0.1, 0.15) is 5.58 Å². The van der Waals surface area contributed by atoms with Gasteiger partial charge < -0.3 is 14.5 Å². The predicted molar refractivity (Wildman–Crippen MR) is 92.8 cm³/mol. The zero-order valence-electron chi connectivity index (χ0n) is 14.9. The molecule has 0 saturated heterocycles. The van der Waals surface area contributed by atoms with Crippen LogP contribution in [0.2, 0.25) is 0 Å². The number of esters is 1. The van der Waals surface area contributed by atoms with Crippen molar-refractivity contribution in [3.63, 3.8) is 0 Å². The Hall–Kier alpha value is -2.30. The molecule has 0 spiro atoms. The van der Waals surface area contributed by atoms with Gasteiger partial charge in [0.15, 0.2) is 6.61 Å². The number of carbonyl (C=O) groups is 2. The third-order valence-electron chi connectivity index (χ3n) is 4.36. The molecule has 2 aromatic rings. The highest BCUT2D eigenvalue weighted by Crippen LogP contribution is 2.25. The molecule has 24 heavy (non-hydrogen) atoms. The maximum atomic E-state index is 12.0. The van der Waals surface area contributed by atoms with Crippen molar-refractivity contribution in [2.24, 2.45) is 5.92 Å². The van der Waals surface area contributed by atoms with Crippen LogP contribution in [0.1, 0.15) is 37.5 Å². The van der Waals surface area contributed by atoms with E-state index >= 15 is 0 Å². The highest BCUT2D eigenvalue weighted by atomic mass is 16.5. The molecule has 1 aromatic heterocycles. The van der Waals surface area contributed by atoms with Crippen LogP contribution >= 0.6 is 0 Å². The van der Waals surface area contributed by atoms with E-state index in [1.54, 1.807) is 6.26 Å². The molecule has 1 aromatic carbocycles. The monoisotopic (exact) mass is 331 g/mol. The Morgan fingerprint density at radius 1 is 1.17 bits per heavy atom. The Bertz CT molecular complexity index is 745. The van der Waals surface area contributed by atoms with Crippen molar-refractivity contribution in [3.8, 4) is 0 Å². The molecule has 0 radical (unpaired) electrons. The largest absolute Gasteiger partial charge is 0.464 e. The number of aryl methyl sites for hydroxylation is 2. The van der Waals surface area contributed by atoms with Crippen molar-refractivity contribution in [3.05, 3.63) is 35.1 Å². The molecule has 0 aliphatic heterocycles. The van der Waals surface area contributed by atoms with Crippen molar-refractivity contribution < 1.29 is 18.7 Å². The highest BCUT2D eigenvalue weighted by molar-refractivity contribution is 5.87. The van der Waals surface area contributed by atoms with E-state index in [0.717, 1.165) is 27.7 Å². The average molecular weight is 331 g/mol. The molecule has 5 nitrogen and oxygen atoms in total. The van der Waals surface area contributed by atoms with Crippen molar-refractivity contribution in [2.75, 3.05) is 6.61 Å². The lowest BCUT2D eigenvalue weighted by Crippen LogP contribution is -2.38. The number of ether oxygens (including phenoxy) is 1. The first kappa shape index (κ1) is 18.0. The van der Waals surface area contributed by atoms with Gasteiger partial charge in [0.2, 0.25) is 0 Å². The molecule has 1 amide bonds. The standard InChI is InChI=1S/C19H25NO4/c1-11(2)14(5)20-18(21)10-24-19(22)8-15-9-23-17-7-13(4)12(3)6-16(15)17/h6-7,9,11,14H,8,10H2,1-5H3,(H,20,21)/t14-/m1/s1.